The fourth-order valence-electron chi connectivity index (χ4n) is 1.39. The molecule has 1 rings (SSSR count). The number of nitrogens with one attached hydrogen (secondary N) is 1. The molecule has 106 valence electrons. The van der Waals surface area contributed by atoms with Gasteiger partial charge in [0.15, 0.2) is 0 Å². The maximum atomic E-state index is 11.9. The highest BCUT2D eigenvalue weighted by Crippen LogP contribution is 2.26. The SMILES string of the molecule is COc1ccc(C)cc1NS(=O)(=O)N(C)CC(=O)O. The van der Waals surface area contributed by atoms with Crippen LogP contribution in [-0.4, -0.2) is 44.5 Å². The van der Waals surface area contributed by atoms with Gasteiger partial charge in [-0.05, 0) is 24.6 Å². The molecule has 2 N–H and O–H groups in total. The molecule has 0 radical (unpaired) electrons. The van der Waals surface area contributed by atoms with E-state index >= 15 is 0 Å². The lowest BCUT2D eigenvalue weighted by molar-refractivity contribution is -0.137. The summed E-state index contributed by atoms with van der Waals surface area (Å²) in [6, 6.07) is 5.01. The van der Waals surface area contributed by atoms with Crippen molar-refractivity contribution in [3.8, 4) is 5.75 Å². The second-order valence-corrected chi connectivity index (χ2v) is 5.74. The van der Waals surface area contributed by atoms with Gasteiger partial charge in [-0.25, -0.2) is 0 Å². The minimum atomic E-state index is -3.94. The van der Waals surface area contributed by atoms with Gasteiger partial charge in [0.2, 0.25) is 0 Å². The fraction of sp³-hybridized carbons (Fsp3) is 0.364. The molecular formula is C11H16N2O5S. The maximum absolute atomic E-state index is 11.9. The summed E-state index contributed by atoms with van der Waals surface area (Å²) in [6.07, 6.45) is 0. The van der Waals surface area contributed by atoms with Crippen molar-refractivity contribution in [2.75, 3.05) is 25.4 Å². The number of aryl methyl sites for hydroxylation is 1. The van der Waals surface area contributed by atoms with Crippen LogP contribution in [0.15, 0.2) is 18.2 Å². The number of carboxylic acids is 1. The standard InChI is InChI=1S/C11H16N2O5S/c1-8-4-5-10(18-3)9(6-8)12-19(16,17)13(2)7-11(14)15/h4-6,12H,7H2,1-3H3,(H,14,15). The van der Waals surface area contributed by atoms with Crippen molar-refractivity contribution < 1.29 is 23.1 Å². The molecule has 0 saturated heterocycles. The first kappa shape index (κ1) is 15.3. The van der Waals surface area contributed by atoms with Gasteiger partial charge in [0.25, 0.3) is 0 Å². The van der Waals surface area contributed by atoms with Crippen molar-refractivity contribution in [3.63, 3.8) is 0 Å². The highest BCUT2D eigenvalue weighted by atomic mass is 32.2. The summed E-state index contributed by atoms with van der Waals surface area (Å²) >= 11 is 0. The summed E-state index contributed by atoms with van der Waals surface area (Å²) in [7, 11) is -1.34. The van der Waals surface area contributed by atoms with Crippen LogP contribution >= 0.6 is 0 Å². The molecule has 0 bridgehead atoms. The molecular weight excluding hydrogens is 272 g/mol. The Hall–Kier alpha value is -1.80. The number of anilines is 1. The molecule has 7 nitrogen and oxygen atoms in total. The van der Waals surface area contributed by atoms with Crippen LogP contribution in [0.1, 0.15) is 5.56 Å². The number of ether oxygens (including phenoxy) is 1. The van der Waals surface area contributed by atoms with E-state index in [1.807, 2.05) is 0 Å². The van der Waals surface area contributed by atoms with Crippen molar-refractivity contribution in [2.45, 2.75) is 6.92 Å². The third-order valence-corrected chi connectivity index (χ3v) is 3.79. The first-order valence-electron chi connectivity index (χ1n) is 5.37. The van der Waals surface area contributed by atoms with Crippen molar-refractivity contribution in [3.05, 3.63) is 23.8 Å². The summed E-state index contributed by atoms with van der Waals surface area (Å²) < 4.78 is 31.9. The number of methoxy groups -OCH3 is 1. The van der Waals surface area contributed by atoms with Gasteiger partial charge in [0, 0.05) is 7.05 Å². The highest BCUT2D eigenvalue weighted by Gasteiger charge is 2.21. The van der Waals surface area contributed by atoms with Crippen LogP contribution in [0.3, 0.4) is 0 Å². The van der Waals surface area contributed by atoms with Crippen molar-refractivity contribution >= 4 is 21.9 Å². The van der Waals surface area contributed by atoms with Crippen molar-refractivity contribution in [2.24, 2.45) is 0 Å². The Balaban J connectivity index is 3.01. The predicted molar refractivity (Wildman–Crippen MR) is 70.5 cm³/mol. The van der Waals surface area contributed by atoms with E-state index in [0.29, 0.717) is 10.1 Å². The van der Waals surface area contributed by atoms with E-state index in [1.165, 1.54) is 14.2 Å². The van der Waals surface area contributed by atoms with Gasteiger partial charge >= 0.3 is 16.2 Å². The number of carbonyl (C=O) groups is 1. The van der Waals surface area contributed by atoms with Crippen molar-refractivity contribution in [1.82, 2.24) is 4.31 Å². The minimum absolute atomic E-state index is 0.264. The Morgan fingerprint density at radius 3 is 2.63 bits per heavy atom. The van der Waals surface area contributed by atoms with Crippen LogP contribution < -0.4 is 9.46 Å². The van der Waals surface area contributed by atoms with Gasteiger partial charge in [-0.1, -0.05) is 6.07 Å². The molecule has 0 aromatic heterocycles. The Labute approximate surface area is 112 Å². The number of aliphatic carboxylic acids is 1. The smallest absolute Gasteiger partial charge is 0.318 e. The largest absolute Gasteiger partial charge is 0.495 e. The van der Waals surface area contributed by atoms with Gasteiger partial charge in [-0.2, -0.15) is 12.7 Å². The van der Waals surface area contributed by atoms with Crippen LogP contribution in [0.25, 0.3) is 0 Å². The molecule has 0 aliphatic carbocycles. The molecule has 8 heteroatoms. The molecule has 0 heterocycles. The molecule has 1 aromatic carbocycles. The Bertz CT molecular complexity index is 570. The Morgan fingerprint density at radius 2 is 2.11 bits per heavy atom. The van der Waals surface area contributed by atoms with Gasteiger partial charge in [-0.15, -0.1) is 0 Å². The van der Waals surface area contributed by atoms with E-state index in [1.54, 1.807) is 25.1 Å². The zero-order valence-corrected chi connectivity index (χ0v) is 11.7. The van der Waals surface area contributed by atoms with E-state index in [4.69, 9.17) is 9.84 Å². The molecule has 0 atom stereocenters. The summed E-state index contributed by atoms with van der Waals surface area (Å²) in [5, 5.41) is 8.60. The second-order valence-electron chi connectivity index (χ2n) is 3.96. The van der Waals surface area contributed by atoms with E-state index < -0.39 is 22.7 Å². The summed E-state index contributed by atoms with van der Waals surface area (Å²) in [4.78, 5) is 10.5. The van der Waals surface area contributed by atoms with Gasteiger partial charge in [0.05, 0.1) is 12.8 Å². The molecule has 0 aliphatic rings. The van der Waals surface area contributed by atoms with Gasteiger partial charge in [-0.3, -0.25) is 9.52 Å². The Morgan fingerprint density at radius 1 is 1.47 bits per heavy atom. The summed E-state index contributed by atoms with van der Waals surface area (Å²) in [5.74, 6) is -0.873. The van der Waals surface area contributed by atoms with E-state index in [0.717, 1.165) is 5.56 Å². The maximum Gasteiger partial charge on any atom is 0.318 e. The van der Waals surface area contributed by atoms with Crippen molar-refractivity contribution in [1.29, 1.82) is 0 Å². The first-order valence-corrected chi connectivity index (χ1v) is 6.81. The molecule has 0 fully saturated rings. The molecule has 0 spiro atoms. The number of benzene rings is 1. The quantitative estimate of drug-likeness (QED) is 0.802. The molecule has 19 heavy (non-hydrogen) atoms. The topological polar surface area (TPSA) is 95.9 Å². The fourth-order valence-corrected chi connectivity index (χ4v) is 2.27. The van der Waals surface area contributed by atoms with E-state index in [9.17, 15) is 13.2 Å². The van der Waals surface area contributed by atoms with Gasteiger partial charge < -0.3 is 9.84 Å². The summed E-state index contributed by atoms with van der Waals surface area (Å²) in [5.41, 5.74) is 1.11. The lowest BCUT2D eigenvalue weighted by Crippen LogP contribution is -2.36. The number of rotatable bonds is 6. The predicted octanol–water partition coefficient (Wildman–Crippen LogP) is 0.677. The zero-order chi connectivity index (χ0) is 14.6. The highest BCUT2D eigenvalue weighted by molar-refractivity contribution is 7.90. The van der Waals surface area contributed by atoms with E-state index in [-0.39, 0.29) is 5.69 Å². The minimum Gasteiger partial charge on any atom is -0.495 e. The normalized spacial score (nSPS) is 11.4. The second kappa shape index (κ2) is 5.89. The number of hydrogen-bond acceptors (Lipinski definition) is 4. The third-order valence-electron chi connectivity index (χ3n) is 2.36. The molecule has 0 saturated carbocycles. The monoisotopic (exact) mass is 288 g/mol. The molecule has 0 aliphatic heterocycles. The van der Waals surface area contributed by atoms with Crippen LogP contribution in [0.5, 0.6) is 5.75 Å². The lowest BCUT2D eigenvalue weighted by Gasteiger charge is -2.18. The number of likely N-dealkylation sites (N-methyl/N-ethyl adjacent to an activating group) is 1. The lowest BCUT2D eigenvalue weighted by atomic mass is 10.2. The molecule has 1 aromatic rings. The van der Waals surface area contributed by atoms with Crippen LogP contribution in [-0.2, 0) is 15.0 Å². The zero-order valence-electron chi connectivity index (χ0n) is 10.9. The van der Waals surface area contributed by atoms with Crippen LogP contribution in [0, 0.1) is 6.92 Å². The summed E-state index contributed by atoms with van der Waals surface area (Å²) in [6.45, 7) is 1.18. The molecule has 0 amide bonds. The van der Waals surface area contributed by atoms with Crippen LogP contribution in [0.4, 0.5) is 5.69 Å². The molecule has 0 unspecified atom stereocenters. The van der Waals surface area contributed by atoms with Gasteiger partial charge in [0.1, 0.15) is 12.3 Å². The third kappa shape index (κ3) is 4.11. The average Bonchev–Trinajstić information content (AvgIpc) is 2.27. The first-order chi connectivity index (χ1) is 8.76. The number of hydrogen-bond donors (Lipinski definition) is 2. The van der Waals surface area contributed by atoms with Crippen LogP contribution in [0.2, 0.25) is 0 Å². The number of carboxylic acid groups (broad SMARTS) is 1. The Kier molecular flexibility index (Phi) is 4.73. The van der Waals surface area contributed by atoms with E-state index in [2.05, 4.69) is 4.72 Å². The number of nitrogens with zero attached hydrogens (tertiary/aromatic N) is 1. The average molecular weight is 288 g/mol.